The molecule has 0 aliphatic heterocycles. The maximum absolute atomic E-state index is 8.57. The molecule has 18 heavy (non-hydrogen) atoms. The predicted molar refractivity (Wildman–Crippen MR) is 74.2 cm³/mol. The molecule has 0 bridgehead atoms. The van der Waals surface area contributed by atoms with E-state index in [0.29, 0.717) is 5.56 Å². The zero-order valence-corrected chi connectivity index (χ0v) is 11.4. The van der Waals surface area contributed by atoms with Crippen molar-refractivity contribution in [2.75, 3.05) is 0 Å². The van der Waals surface area contributed by atoms with Gasteiger partial charge in [0, 0.05) is 10.0 Å². The van der Waals surface area contributed by atoms with Crippen molar-refractivity contribution in [1.82, 2.24) is 0 Å². The number of ether oxygens (including phenoxy) is 1. The van der Waals surface area contributed by atoms with Crippen LogP contribution in [-0.2, 0) is 0 Å². The zero-order chi connectivity index (χ0) is 13.0. The first-order valence-electron chi connectivity index (χ1n) is 5.81. The fraction of sp³-hybridized carbons (Fsp3) is 0.308. The second-order valence-electron chi connectivity index (χ2n) is 4.14. The first kappa shape index (κ1) is 13.0. The van der Waals surface area contributed by atoms with Crippen LogP contribution in [0, 0.1) is 0 Å². The van der Waals surface area contributed by atoms with Crippen molar-refractivity contribution < 1.29 is 9.94 Å². The molecule has 1 aromatic carbocycles. The molecule has 1 aliphatic carbocycles. The third kappa shape index (κ3) is 3.04. The van der Waals surface area contributed by atoms with Crippen molar-refractivity contribution >= 4 is 21.8 Å². The number of nitrogens with zero attached hydrogens (tertiary/aromatic N) is 1. The SMILES string of the molecule is N/C(=N\O)c1ccc(OC2CCCC=C2Br)cc1. The smallest absolute Gasteiger partial charge is 0.170 e. The average Bonchev–Trinajstić information content (AvgIpc) is 2.41. The Bertz CT molecular complexity index is 468. The summed E-state index contributed by atoms with van der Waals surface area (Å²) >= 11 is 3.53. The highest BCUT2D eigenvalue weighted by molar-refractivity contribution is 9.11. The van der Waals surface area contributed by atoms with E-state index in [4.69, 9.17) is 15.7 Å². The Kier molecular flexibility index (Phi) is 4.25. The van der Waals surface area contributed by atoms with Gasteiger partial charge in [0.05, 0.1) is 0 Å². The number of rotatable bonds is 3. The maximum atomic E-state index is 8.57. The topological polar surface area (TPSA) is 67.8 Å². The molecule has 0 saturated heterocycles. The van der Waals surface area contributed by atoms with Crippen LogP contribution in [0.1, 0.15) is 24.8 Å². The van der Waals surface area contributed by atoms with Gasteiger partial charge in [-0.3, -0.25) is 0 Å². The summed E-state index contributed by atoms with van der Waals surface area (Å²) < 4.78 is 6.98. The summed E-state index contributed by atoms with van der Waals surface area (Å²) in [4.78, 5) is 0. The molecule has 1 aromatic rings. The van der Waals surface area contributed by atoms with E-state index < -0.39 is 0 Å². The van der Waals surface area contributed by atoms with Crippen LogP contribution in [0.2, 0.25) is 0 Å². The van der Waals surface area contributed by atoms with Crippen molar-refractivity contribution in [3.63, 3.8) is 0 Å². The van der Waals surface area contributed by atoms with Crippen LogP contribution in [0.3, 0.4) is 0 Å². The molecule has 0 amide bonds. The first-order chi connectivity index (χ1) is 8.70. The second kappa shape index (κ2) is 5.91. The molecule has 0 fully saturated rings. The minimum absolute atomic E-state index is 0.0912. The monoisotopic (exact) mass is 310 g/mol. The number of hydrogen-bond donors (Lipinski definition) is 2. The number of nitrogens with two attached hydrogens (primary N) is 1. The van der Waals surface area contributed by atoms with Gasteiger partial charge in [0.25, 0.3) is 0 Å². The minimum Gasteiger partial charge on any atom is -0.485 e. The lowest BCUT2D eigenvalue weighted by Gasteiger charge is -2.22. The highest BCUT2D eigenvalue weighted by Gasteiger charge is 2.17. The van der Waals surface area contributed by atoms with E-state index >= 15 is 0 Å². The van der Waals surface area contributed by atoms with Crippen molar-refractivity contribution in [3.8, 4) is 5.75 Å². The van der Waals surface area contributed by atoms with Gasteiger partial charge in [0.1, 0.15) is 11.9 Å². The average molecular weight is 311 g/mol. The van der Waals surface area contributed by atoms with Crippen LogP contribution in [-0.4, -0.2) is 17.1 Å². The van der Waals surface area contributed by atoms with Gasteiger partial charge in [0.2, 0.25) is 0 Å². The Hall–Kier alpha value is -1.49. The summed E-state index contributed by atoms with van der Waals surface area (Å²) in [5.74, 6) is 0.877. The number of allylic oxidation sites excluding steroid dienone is 1. The number of hydrogen-bond acceptors (Lipinski definition) is 3. The normalized spacial score (nSPS) is 20.4. The second-order valence-corrected chi connectivity index (χ2v) is 5.05. The standard InChI is InChI=1S/C13H15BrN2O2/c14-11-3-1-2-4-12(11)18-10-7-5-9(6-8-10)13(15)16-17/h3,5-8,12,17H,1-2,4H2,(H2,15,16). The number of benzene rings is 1. The van der Waals surface area contributed by atoms with E-state index in [1.165, 1.54) is 0 Å². The fourth-order valence-corrected chi connectivity index (χ4v) is 2.41. The maximum Gasteiger partial charge on any atom is 0.170 e. The lowest BCUT2D eigenvalue weighted by Crippen LogP contribution is -2.19. The van der Waals surface area contributed by atoms with Crippen molar-refractivity contribution in [3.05, 3.63) is 40.4 Å². The zero-order valence-electron chi connectivity index (χ0n) is 9.84. The number of amidine groups is 1. The summed E-state index contributed by atoms with van der Waals surface area (Å²) in [6.07, 6.45) is 5.50. The fourth-order valence-electron chi connectivity index (χ4n) is 1.85. The van der Waals surface area contributed by atoms with Crippen LogP contribution in [0.5, 0.6) is 5.75 Å². The lowest BCUT2D eigenvalue weighted by molar-refractivity contribution is 0.227. The highest BCUT2D eigenvalue weighted by atomic mass is 79.9. The Morgan fingerprint density at radius 2 is 2.11 bits per heavy atom. The summed E-state index contributed by atoms with van der Waals surface area (Å²) in [5, 5.41) is 11.5. The summed E-state index contributed by atoms with van der Waals surface area (Å²) in [6.45, 7) is 0. The van der Waals surface area contributed by atoms with Gasteiger partial charge < -0.3 is 15.7 Å². The van der Waals surface area contributed by atoms with Crippen LogP contribution >= 0.6 is 15.9 Å². The van der Waals surface area contributed by atoms with E-state index in [2.05, 4.69) is 27.2 Å². The Morgan fingerprint density at radius 3 is 2.72 bits per heavy atom. The molecule has 0 spiro atoms. The van der Waals surface area contributed by atoms with Gasteiger partial charge in [-0.05, 0) is 43.5 Å². The van der Waals surface area contributed by atoms with Gasteiger partial charge >= 0.3 is 0 Å². The molecule has 2 rings (SSSR count). The molecule has 1 atom stereocenters. The third-order valence-electron chi connectivity index (χ3n) is 2.85. The number of halogens is 1. The lowest BCUT2D eigenvalue weighted by atomic mass is 10.1. The van der Waals surface area contributed by atoms with E-state index in [1.54, 1.807) is 12.1 Å². The first-order valence-corrected chi connectivity index (χ1v) is 6.60. The molecule has 0 aromatic heterocycles. The molecule has 0 radical (unpaired) electrons. The van der Waals surface area contributed by atoms with E-state index in [-0.39, 0.29) is 11.9 Å². The van der Waals surface area contributed by atoms with Crippen LogP contribution in [0.15, 0.2) is 40.0 Å². The van der Waals surface area contributed by atoms with Crippen LogP contribution < -0.4 is 10.5 Å². The molecule has 0 saturated carbocycles. The van der Waals surface area contributed by atoms with Gasteiger partial charge in [-0.1, -0.05) is 27.2 Å². The highest BCUT2D eigenvalue weighted by Crippen LogP contribution is 2.27. The van der Waals surface area contributed by atoms with Crippen molar-refractivity contribution in [1.29, 1.82) is 0 Å². The summed E-state index contributed by atoms with van der Waals surface area (Å²) in [7, 11) is 0. The number of oxime groups is 1. The van der Waals surface area contributed by atoms with E-state index in [9.17, 15) is 0 Å². The van der Waals surface area contributed by atoms with Crippen molar-refractivity contribution in [2.24, 2.45) is 10.9 Å². The van der Waals surface area contributed by atoms with Crippen LogP contribution in [0.4, 0.5) is 0 Å². The Morgan fingerprint density at radius 1 is 1.39 bits per heavy atom. The van der Waals surface area contributed by atoms with Gasteiger partial charge in [0.15, 0.2) is 5.84 Å². The molecule has 96 valence electrons. The Labute approximate surface area is 114 Å². The minimum atomic E-state index is 0.0912. The van der Waals surface area contributed by atoms with Gasteiger partial charge in [-0.25, -0.2) is 0 Å². The summed E-state index contributed by atoms with van der Waals surface area (Å²) in [6, 6.07) is 7.18. The molecule has 1 unspecified atom stereocenters. The molecular formula is C13H15BrN2O2. The summed E-state index contributed by atoms with van der Waals surface area (Å²) in [5.41, 5.74) is 6.16. The third-order valence-corrected chi connectivity index (χ3v) is 3.69. The molecule has 1 aliphatic rings. The molecule has 0 heterocycles. The molecule has 5 heteroatoms. The van der Waals surface area contributed by atoms with E-state index in [1.807, 2.05) is 12.1 Å². The van der Waals surface area contributed by atoms with Crippen molar-refractivity contribution in [2.45, 2.75) is 25.4 Å². The predicted octanol–water partition coefficient (Wildman–Crippen LogP) is 2.99. The van der Waals surface area contributed by atoms with E-state index in [0.717, 1.165) is 29.5 Å². The Balaban J connectivity index is 2.06. The van der Waals surface area contributed by atoms with Gasteiger partial charge in [-0.2, -0.15) is 0 Å². The van der Waals surface area contributed by atoms with Gasteiger partial charge in [-0.15, -0.1) is 0 Å². The molecular weight excluding hydrogens is 296 g/mol. The van der Waals surface area contributed by atoms with Crippen LogP contribution in [0.25, 0.3) is 0 Å². The molecule has 4 nitrogen and oxygen atoms in total. The quantitative estimate of drug-likeness (QED) is 0.390. The largest absolute Gasteiger partial charge is 0.485 e. The molecule has 3 N–H and O–H groups in total.